The van der Waals surface area contributed by atoms with Gasteiger partial charge in [-0.25, -0.2) is 8.78 Å². The zero-order valence-electron chi connectivity index (χ0n) is 19.1. The normalized spacial score (nSPS) is 22.3. The van der Waals surface area contributed by atoms with Crippen molar-refractivity contribution in [2.75, 3.05) is 13.2 Å². The SMILES string of the molecule is O=C(NCc1ccc(CN2CCc3cc(OCC4CC4(F)F)ccc3C2)cc1)C1(C(F)(F)F)CC1. The number of ether oxygens (including phenoxy) is 1. The van der Waals surface area contributed by atoms with Crippen LogP contribution in [0.3, 0.4) is 0 Å². The van der Waals surface area contributed by atoms with E-state index in [1.807, 2.05) is 42.5 Å². The van der Waals surface area contributed by atoms with E-state index < -0.39 is 29.3 Å². The van der Waals surface area contributed by atoms with Crippen LogP contribution < -0.4 is 10.1 Å². The quantitative estimate of drug-likeness (QED) is 0.511. The second kappa shape index (κ2) is 8.76. The lowest BCUT2D eigenvalue weighted by atomic mass is 9.99. The van der Waals surface area contributed by atoms with E-state index >= 15 is 0 Å². The van der Waals surface area contributed by atoms with Crippen LogP contribution in [0.1, 0.15) is 41.5 Å². The number of hydrogen-bond acceptors (Lipinski definition) is 3. The van der Waals surface area contributed by atoms with Crippen molar-refractivity contribution in [3.63, 3.8) is 0 Å². The number of hydrogen-bond donors (Lipinski definition) is 1. The van der Waals surface area contributed by atoms with Crippen LogP contribution in [0.25, 0.3) is 0 Å². The molecule has 0 bridgehead atoms. The Bertz CT molecular complexity index is 1100. The van der Waals surface area contributed by atoms with Crippen molar-refractivity contribution in [2.24, 2.45) is 11.3 Å². The first kappa shape index (κ1) is 24.0. The number of benzene rings is 2. The standard InChI is InChI=1S/C26H27F5N2O2/c27-25(28)12-21(25)16-35-22-6-5-20-15-33(10-7-19(20)11-22)14-18-3-1-17(2-4-18)13-32-23(34)24(8-9-24)26(29,30)31/h1-6,11,21H,7-10,12-16H2,(H,32,34). The van der Waals surface area contributed by atoms with Gasteiger partial charge < -0.3 is 10.1 Å². The molecule has 188 valence electrons. The molecule has 0 spiro atoms. The first-order valence-electron chi connectivity index (χ1n) is 11.8. The van der Waals surface area contributed by atoms with E-state index in [1.54, 1.807) is 0 Å². The van der Waals surface area contributed by atoms with Gasteiger partial charge in [-0.1, -0.05) is 30.3 Å². The molecule has 3 aliphatic rings. The third kappa shape index (κ3) is 5.15. The maximum atomic E-state index is 13.1. The largest absolute Gasteiger partial charge is 0.493 e. The van der Waals surface area contributed by atoms with Crippen LogP contribution in [0.5, 0.6) is 5.75 Å². The minimum absolute atomic E-state index is 0.0424. The second-order valence-corrected chi connectivity index (χ2v) is 9.94. The fourth-order valence-electron chi connectivity index (χ4n) is 4.60. The van der Waals surface area contributed by atoms with Crippen molar-refractivity contribution < 1.29 is 31.5 Å². The third-order valence-electron chi connectivity index (χ3n) is 7.29. The molecule has 0 radical (unpaired) electrons. The van der Waals surface area contributed by atoms with E-state index in [4.69, 9.17) is 4.74 Å². The van der Waals surface area contributed by atoms with Gasteiger partial charge in [0.15, 0.2) is 0 Å². The molecule has 1 amide bonds. The highest BCUT2D eigenvalue weighted by atomic mass is 19.4. The van der Waals surface area contributed by atoms with Gasteiger partial charge in [-0.2, -0.15) is 13.2 Å². The van der Waals surface area contributed by atoms with Gasteiger partial charge in [-0.05, 0) is 53.6 Å². The fraction of sp³-hybridized carbons (Fsp3) is 0.500. The Balaban J connectivity index is 1.10. The van der Waals surface area contributed by atoms with Gasteiger partial charge in [0.1, 0.15) is 11.2 Å². The van der Waals surface area contributed by atoms with E-state index in [-0.39, 0.29) is 32.4 Å². The number of rotatable bonds is 8. The van der Waals surface area contributed by atoms with Crippen LogP contribution in [-0.2, 0) is 30.8 Å². The van der Waals surface area contributed by atoms with Crippen molar-refractivity contribution >= 4 is 5.91 Å². The van der Waals surface area contributed by atoms with Crippen molar-refractivity contribution in [2.45, 2.75) is 57.4 Å². The molecule has 2 fully saturated rings. The number of nitrogens with zero attached hydrogens (tertiary/aromatic N) is 1. The summed E-state index contributed by atoms with van der Waals surface area (Å²) in [6.07, 6.45) is -4.06. The summed E-state index contributed by atoms with van der Waals surface area (Å²) in [6, 6.07) is 13.3. The molecule has 0 saturated heterocycles. The topological polar surface area (TPSA) is 41.6 Å². The molecule has 4 nitrogen and oxygen atoms in total. The predicted molar refractivity (Wildman–Crippen MR) is 119 cm³/mol. The first-order valence-corrected chi connectivity index (χ1v) is 11.8. The molecule has 1 heterocycles. The van der Waals surface area contributed by atoms with E-state index in [1.165, 1.54) is 11.1 Å². The average molecular weight is 495 g/mol. The Morgan fingerprint density at radius 1 is 1.06 bits per heavy atom. The molecule has 9 heteroatoms. The smallest absolute Gasteiger partial charge is 0.403 e. The number of alkyl halides is 5. The summed E-state index contributed by atoms with van der Waals surface area (Å²) >= 11 is 0. The van der Waals surface area contributed by atoms with Crippen molar-refractivity contribution in [1.82, 2.24) is 10.2 Å². The maximum Gasteiger partial charge on any atom is 0.403 e. The highest BCUT2D eigenvalue weighted by Gasteiger charge is 2.68. The maximum absolute atomic E-state index is 13.1. The summed E-state index contributed by atoms with van der Waals surface area (Å²) in [7, 11) is 0. The van der Waals surface area contributed by atoms with Crippen LogP contribution in [0, 0.1) is 11.3 Å². The number of nitrogens with one attached hydrogen (secondary N) is 1. The average Bonchev–Trinajstić information content (AvgIpc) is 3.73. The zero-order chi connectivity index (χ0) is 24.8. The molecule has 2 aromatic rings. The molecule has 1 atom stereocenters. The number of halogens is 5. The Morgan fingerprint density at radius 3 is 2.37 bits per heavy atom. The van der Waals surface area contributed by atoms with Crippen LogP contribution in [0.4, 0.5) is 22.0 Å². The summed E-state index contributed by atoms with van der Waals surface area (Å²) in [5.74, 6) is -3.56. The fourth-order valence-corrected chi connectivity index (χ4v) is 4.60. The van der Waals surface area contributed by atoms with Gasteiger partial charge in [0.2, 0.25) is 5.91 Å². The number of fused-ring (bicyclic) bond motifs is 1. The molecule has 1 aliphatic heterocycles. The lowest BCUT2D eigenvalue weighted by molar-refractivity contribution is -0.192. The summed E-state index contributed by atoms with van der Waals surface area (Å²) < 4.78 is 70.8. The molecule has 1 unspecified atom stereocenters. The summed E-state index contributed by atoms with van der Waals surface area (Å²) in [4.78, 5) is 14.3. The van der Waals surface area contributed by atoms with Crippen molar-refractivity contribution in [1.29, 1.82) is 0 Å². The monoisotopic (exact) mass is 494 g/mol. The van der Waals surface area contributed by atoms with Gasteiger partial charge in [0.05, 0.1) is 12.5 Å². The Labute approximate surface area is 200 Å². The van der Waals surface area contributed by atoms with Crippen LogP contribution in [0.2, 0.25) is 0 Å². The number of carbonyl (C=O) groups excluding carboxylic acids is 1. The molecule has 1 N–H and O–H groups in total. The highest BCUT2D eigenvalue weighted by molar-refractivity contribution is 5.86. The Hall–Kier alpha value is -2.68. The van der Waals surface area contributed by atoms with Crippen LogP contribution in [-0.4, -0.2) is 36.1 Å². The van der Waals surface area contributed by atoms with Crippen LogP contribution in [0.15, 0.2) is 42.5 Å². The summed E-state index contributed by atoms with van der Waals surface area (Å²) in [5, 5.41) is 2.43. The lowest BCUT2D eigenvalue weighted by Crippen LogP contribution is -2.40. The second-order valence-electron chi connectivity index (χ2n) is 9.94. The van der Waals surface area contributed by atoms with E-state index in [0.717, 1.165) is 37.2 Å². The third-order valence-corrected chi connectivity index (χ3v) is 7.29. The zero-order valence-corrected chi connectivity index (χ0v) is 19.1. The first-order chi connectivity index (χ1) is 16.6. The van der Waals surface area contributed by atoms with Crippen LogP contribution >= 0.6 is 0 Å². The van der Waals surface area contributed by atoms with Gasteiger partial charge in [0.25, 0.3) is 5.92 Å². The summed E-state index contributed by atoms with van der Waals surface area (Å²) in [5.41, 5.74) is 1.97. The molecule has 2 aromatic carbocycles. The molecule has 2 saturated carbocycles. The molecule has 35 heavy (non-hydrogen) atoms. The molecule has 5 rings (SSSR count). The minimum atomic E-state index is -4.50. The molecule has 2 aliphatic carbocycles. The van der Waals surface area contributed by atoms with Gasteiger partial charge in [0, 0.05) is 32.6 Å². The molecular weight excluding hydrogens is 467 g/mol. The molecule has 0 aromatic heterocycles. The summed E-state index contributed by atoms with van der Waals surface area (Å²) in [6.45, 7) is 2.43. The highest BCUT2D eigenvalue weighted by Crippen LogP contribution is 2.57. The van der Waals surface area contributed by atoms with Crippen molar-refractivity contribution in [3.05, 3.63) is 64.7 Å². The Morgan fingerprint density at radius 2 is 1.74 bits per heavy atom. The van der Waals surface area contributed by atoms with E-state index in [0.29, 0.717) is 5.75 Å². The number of amides is 1. The van der Waals surface area contributed by atoms with Gasteiger partial charge in [-0.3, -0.25) is 9.69 Å². The predicted octanol–water partition coefficient (Wildman–Crippen LogP) is 5.24. The Kier molecular flexibility index (Phi) is 6.02. The molecular formula is C26H27F5N2O2. The van der Waals surface area contributed by atoms with Crippen molar-refractivity contribution in [3.8, 4) is 5.75 Å². The minimum Gasteiger partial charge on any atom is -0.493 e. The van der Waals surface area contributed by atoms with E-state index in [2.05, 4.69) is 10.2 Å². The number of carbonyl (C=O) groups is 1. The van der Waals surface area contributed by atoms with E-state index in [9.17, 15) is 26.7 Å². The van der Waals surface area contributed by atoms with Gasteiger partial charge >= 0.3 is 6.18 Å². The lowest BCUT2D eigenvalue weighted by Gasteiger charge is -2.29. The van der Waals surface area contributed by atoms with Gasteiger partial charge in [-0.15, -0.1) is 0 Å².